The highest BCUT2D eigenvalue weighted by atomic mass is 127. The van der Waals surface area contributed by atoms with Crippen LogP contribution in [-0.4, -0.2) is 19.7 Å². The Morgan fingerprint density at radius 3 is 2.57 bits per heavy atom. The Labute approximate surface area is 58.3 Å². The molecule has 0 aromatic rings. The lowest BCUT2D eigenvalue weighted by atomic mass is 10.4. The minimum absolute atomic E-state index is 0.325. The van der Waals surface area contributed by atoms with E-state index in [9.17, 15) is 0 Å². The van der Waals surface area contributed by atoms with E-state index in [2.05, 4.69) is 5.32 Å². The van der Waals surface area contributed by atoms with Crippen molar-refractivity contribution >= 4 is 23.0 Å². The lowest BCUT2D eigenvalue weighted by Crippen LogP contribution is -2.20. The van der Waals surface area contributed by atoms with Gasteiger partial charge in [0.1, 0.15) is 23.0 Å². The Kier molecular flexibility index (Phi) is 5.25. The van der Waals surface area contributed by atoms with Crippen molar-refractivity contribution in [2.45, 2.75) is 13.0 Å². The molecule has 44 valence electrons. The molecule has 0 rings (SSSR count). The smallest absolute Gasteiger partial charge is 0.110 e. The molecule has 0 bridgehead atoms. The molecule has 0 radical (unpaired) electrons. The molecule has 0 fully saturated rings. The van der Waals surface area contributed by atoms with Crippen molar-refractivity contribution in [2.75, 3.05) is 13.6 Å². The lowest BCUT2D eigenvalue weighted by molar-refractivity contribution is 0.303. The minimum atomic E-state index is 0.325. The van der Waals surface area contributed by atoms with Gasteiger partial charge in [-0.25, -0.2) is 0 Å². The molecule has 0 saturated carbocycles. The van der Waals surface area contributed by atoms with Crippen LogP contribution < -0.4 is 5.32 Å². The summed E-state index contributed by atoms with van der Waals surface area (Å²) in [5, 5.41) is 2.99. The highest BCUT2D eigenvalue weighted by Crippen LogP contribution is 1.93. The molecular formula is C4H10INO. The molecule has 0 aliphatic carbocycles. The van der Waals surface area contributed by atoms with Crippen LogP contribution in [0, 0.1) is 0 Å². The topological polar surface area (TPSA) is 21.3 Å². The van der Waals surface area contributed by atoms with Crippen molar-refractivity contribution in [3.63, 3.8) is 0 Å². The minimum Gasteiger partial charge on any atom is -0.317 e. The maximum absolute atomic E-state index is 4.90. The van der Waals surface area contributed by atoms with E-state index < -0.39 is 0 Å². The van der Waals surface area contributed by atoms with E-state index in [1.54, 1.807) is 0 Å². The first-order valence-electron chi connectivity index (χ1n) is 2.23. The first-order valence-corrected chi connectivity index (χ1v) is 3.11. The van der Waals surface area contributed by atoms with E-state index >= 15 is 0 Å². The van der Waals surface area contributed by atoms with Crippen LogP contribution >= 0.6 is 23.0 Å². The maximum Gasteiger partial charge on any atom is 0.110 e. The molecule has 1 atom stereocenters. The molecule has 0 aromatic carbocycles. The number of hydrogen-bond donors (Lipinski definition) is 1. The van der Waals surface area contributed by atoms with Crippen LogP contribution in [0.15, 0.2) is 0 Å². The van der Waals surface area contributed by atoms with Crippen LogP contribution in [0.4, 0.5) is 0 Å². The van der Waals surface area contributed by atoms with Gasteiger partial charge in [-0.2, -0.15) is 0 Å². The standard InChI is InChI=1S/C4H10INO/c1-4(7-5)3-6-2/h4,6H,3H2,1-2H3. The fourth-order valence-electron chi connectivity index (χ4n) is 0.319. The third kappa shape index (κ3) is 4.50. The van der Waals surface area contributed by atoms with Crippen molar-refractivity contribution in [2.24, 2.45) is 0 Å². The molecule has 0 aliphatic rings. The zero-order valence-corrected chi connectivity index (χ0v) is 6.73. The summed E-state index contributed by atoms with van der Waals surface area (Å²) < 4.78 is 4.90. The summed E-state index contributed by atoms with van der Waals surface area (Å²) in [5.41, 5.74) is 0. The second kappa shape index (κ2) is 4.80. The third-order valence-electron chi connectivity index (χ3n) is 0.644. The van der Waals surface area contributed by atoms with Gasteiger partial charge >= 0.3 is 0 Å². The summed E-state index contributed by atoms with van der Waals surface area (Å²) in [4.78, 5) is 0. The van der Waals surface area contributed by atoms with Gasteiger partial charge in [0.15, 0.2) is 0 Å². The van der Waals surface area contributed by atoms with Crippen molar-refractivity contribution in [1.29, 1.82) is 0 Å². The van der Waals surface area contributed by atoms with Gasteiger partial charge in [-0.15, -0.1) is 0 Å². The molecule has 3 heteroatoms. The van der Waals surface area contributed by atoms with Crippen LogP contribution in [0.3, 0.4) is 0 Å². The Morgan fingerprint density at radius 2 is 2.43 bits per heavy atom. The summed E-state index contributed by atoms with van der Waals surface area (Å²) in [5.74, 6) is 0. The normalized spacial score (nSPS) is 14.1. The largest absolute Gasteiger partial charge is 0.317 e. The van der Waals surface area contributed by atoms with E-state index in [4.69, 9.17) is 3.07 Å². The van der Waals surface area contributed by atoms with Crippen LogP contribution in [0.2, 0.25) is 0 Å². The van der Waals surface area contributed by atoms with Gasteiger partial charge in [0.25, 0.3) is 0 Å². The third-order valence-corrected chi connectivity index (χ3v) is 1.51. The first kappa shape index (κ1) is 7.65. The predicted molar refractivity (Wildman–Crippen MR) is 38.5 cm³/mol. The van der Waals surface area contributed by atoms with Crippen molar-refractivity contribution in [3.8, 4) is 0 Å². The van der Waals surface area contributed by atoms with Crippen molar-refractivity contribution in [1.82, 2.24) is 5.32 Å². The molecule has 7 heavy (non-hydrogen) atoms. The van der Waals surface area contributed by atoms with Crippen LogP contribution in [-0.2, 0) is 3.07 Å². The number of rotatable bonds is 3. The second-order valence-electron chi connectivity index (χ2n) is 1.46. The highest BCUT2D eigenvalue weighted by Gasteiger charge is 1.93. The SMILES string of the molecule is CNCC(C)OI. The van der Waals surface area contributed by atoms with Gasteiger partial charge in [0, 0.05) is 6.54 Å². The van der Waals surface area contributed by atoms with Gasteiger partial charge in [-0.1, -0.05) is 0 Å². The molecule has 0 saturated heterocycles. The highest BCUT2D eigenvalue weighted by molar-refractivity contribution is 14.1. The Bertz CT molecular complexity index is 42.7. The molecule has 0 aromatic heterocycles. The maximum atomic E-state index is 4.90. The fourth-order valence-corrected chi connectivity index (χ4v) is 0.499. The van der Waals surface area contributed by atoms with E-state index in [1.165, 1.54) is 0 Å². The first-order chi connectivity index (χ1) is 3.31. The molecule has 1 N–H and O–H groups in total. The zero-order chi connectivity index (χ0) is 5.70. The number of nitrogens with one attached hydrogen (secondary N) is 1. The van der Waals surface area contributed by atoms with Crippen LogP contribution in [0.25, 0.3) is 0 Å². The molecule has 0 heterocycles. The molecule has 0 amide bonds. The Morgan fingerprint density at radius 1 is 1.86 bits per heavy atom. The van der Waals surface area contributed by atoms with E-state index in [-0.39, 0.29) is 0 Å². The zero-order valence-electron chi connectivity index (χ0n) is 4.57. The lowest BCUT2D eigenvalue weighted by Gasteiger charge is -2.03. The summed E-state index contributed by atoms with van der Waals surface area (Å²) in [6.07, 6.45) is 0.325. The average Bonchev–Trinajstić information content (AvgIpc) is 1.68. The summed E-state index contributed by atoms with van der Waals surface area (Å²) in [7, 11) is 1.91. The number of likely N-dealkylation sites (N-methyl/N-ethyl adjacent to an activating group) is 1. The molecule has 0 spiro atoms. The monoisotopic (exact) mass is 215 g/mol. The van der Waals surface area contributed by atoms with Gasteiger partial charge in [-0.3, -0.25) is 0 Å². The van der Waals surface area contributed by atoms with Gasteiger partial charge in [0.2, 0.25) is 0 Å². The summed E-state index contributed by atoms with van der Waals surface area (Å²) >= 11 is 1.90. The van der Waals surface area contributed by atoms with E-state index in [1.807, 2.05) is 37.0 Å². The summed E-state index contributed by atoms with van der Waals surface area (Å²) in [6, 6.07) is 0. The predicted octanol–water partition coefficient (Wildman–Crippen LogP) is 0.961. The van der Waals surface area contributed by atoms with Gasteiger partial charge < -0.3 is 8.38 Å². The molecule has 0 aliphatic heterocycles. The molecule has 2 nitrogen and oxygen atoms in total. The Hall–Kier alpha value is 0.650. The number of hydrogen-bond acceptors (Lipinski definition) is 2. The molecular weight excluding hydrogens is 205 g/mol. The van der Waals surface area contributed by atoms with Crippen LogP contribution in [0.5, 0.6) is 0 Å². The fraction of sp³-hybridized carbons (Fsp3) is 1.00. The second-order valence-corrected chi connectivity index (χ2v) is 1.97. The van der Waals surface area contributed by atoms with Crippen molar-refractivity contribution in [3.05, 3.63) is 0 Å². The van der Waals surface area contributed by atoms with E-state index in [0.717, 1.165) is 6.54 Å². The van der Waals surface area contributed by atoms with Gasteiger partial charge in [-0.05, 0) is 14.0 Å². The average molecular weight is 215 g/mol. The Balaban J connectivity index is 2.83. The van der Waals surface area contributed by atoms with Crippen LogP contribution in [0.1, 0.15) is 6.92 Å². The number of halogens is 1. The van der Waals surface area contributed by atoms with Crippen molar-refractivity contribution < 1.29 is 3.07 Å². The quantitative estimate of drug-likeness (QED) is 0.708. The molecule has 1 unspecified atom stereocenters. The van der Waals surface area contributed by atoms with Gasteiger partial charge in [0.05, 0.1) is 6.10 Å². The van der Waals surface area contributed by atoms with E-state index in [0.29, 0.717) is 6.10 Å². The summed E-state index contributed by atoms with van der Waals surface area (Å²) in [6.45, 7) is 2.94.